The average molecular weight is 336 g/mol. The fourth-order valence-corrected chi connectivity index (χ4v) is 1.74. The molecule has 0 aliphatic carbocycles. The summed E-state index contributed by atoms with van der Waals surface area (Å²) < 4.78 is 0. The topological polar surface area (TPSA) is 0 Å². The second kappa shape index (κ2) is 15.6. The van der Waals surface area contributed by atoms with Crippen LogP contribution in [0, 0.1) is 14.9 Å². The molecule has 2 rings (SSSR count). The summed E-state index contributed by atoms with van der Waals surface area (Å²) >= 11 is 0. The monoisotopic (exact) mass is 334 g/mol. The van der Waals surface area contributed by atoms with E-state index in [1.807, 2.05) is 0 Å². The van der Waals surface area contributed by atoms with Crippen molar-refractivity contribution in [3.05, 3.63) is 74.5 Å². The summed E-state index contributed by atoms with van der Waals surface area (Å²) in [5.41, 5.74) is 2.93. The van der Waals surface area contributed by atoms with Crippen LogP contribution in [0.25, 0.3) is 0 Å². The van der Waals surface area contributed by atoms with Crippen LogP contribution in [0.1, 0.15) is 37.8 Å². The van der Waals surface area contributed by atoms with Crippen molar-refractivity contribution >= 4 is 0 Å². The predicted molar refractivity (Wildman–Crippen MR) is 84.9 cm³/mol. The minimum Gasteiger partial charge on any atom is -0.358 e. The molecule has 0 radical (unpaired) electrons. The van der Waals surface area contributed by atoms with Gasteiger partial charge in [-0.05, 0) is 0 Å². The zero-order chi connectivity index (χ0) is 11.6. The fourth-order valence-electron chi connectivity index (χ4n) is 1.74. The first kappa shape index (κ1) is 23.7. The average Bonchev–Trinajstić information content (AvgIpc) is 2.92. The van der Waals surface area contributed by atoms with Crippen LogP contribution in [-0.2, 0) is 39.0 Å². The van der Waals surface area contributed by atoms with E-state index in [9.17, 15) is 0 Å². The first-order valence-corrected chi connectivity index (χ1v) is 6.28. The third-order valence-corrected chi connectivity index (χ3v) is 2.54. The Labute approximate surface area is 140 Å². The van der Waals surface area contributed by atoms with E-state index in [2.05, 4.69) is 62.4 Å². The Morgan fingerprint density at radius 3 is 1.37 bits per heavy atom. The molecule has 0 saturated carbocycles. The molecule has 0 heterocycles. The molecule has 104 valence electrons. The van der Waals surface area contributed by atoms with E-state index in [0.717, 1.165) is 0 Å². The van der Waals surface area contributed by atoms with Crippen molar-refractivity contribution in [2.24, 2.45) is 0 Å². The van der Waals surface area contributed by atoms with Gasteiger partial charge in [0.15, 0.2) is 0 Å². The molecule has 0 nitrogen and oxygen atoms in total. The van der Waals surface area contributed by atoms with Gasteiger partial charge in [0, 0.05) is 0 Å². The maximum absolute atomic E-state index is 2.20. The Bertz CT molecular complexity index is 293. The van der Waals surface area contributed by atoms with Crippen molar-refractivity contribution in [3.63, 3.8) is 0 Å². The second-order valence-electron chi connectivity index (χ2n) is 4.09. The maximum Gasteiger partial charge on any atom is 4.00 e. The third kappa shape index (κ3) is 11.1. The van der Waals surface area contributed by atoms with Crippen LogP contribution >= 0.6 is 0 Å². The fraction of sp³-hybridized carbons (Fsp3) is 0.333. The maximum atomic E-state index is 2.20. The summed E-state index contributed by atoms with van der Waals surface area (Å²) in [7, 11) is 0. The molecule has 0 saturated heterocycles. The van der Waals surface area contributed by atoms with E-state index in [4.69, 9.17) is 0 Å². The minimum absolute atomic E-state index is 0. The van der Waals surface area contributed by atoms with Gasteiger partial charge in [0.25, 0.3) is 0 Å². The number of rotatable bonds is 4. The van der Waals surface area contributed by atoms with Crippen LogP contribution in [-0.4, -0.2) is 0 Å². The van der Waals surface area contributed by atoms with Crippen LogP contribution in [0.15, 0.2) is 48.5 Å². The Morgan fingerprint density at radius 2 is 1.16 bits per heavy atom. The summed E-state index contributed by atoms with van der Waals surface area (Å²) in [5.74, 6) is 0. The predicted octanol–water partition coefficient (Wildman–Crippen LogP) is 5.61. The number of hydrogen-bond acceptors (Lipinski definition) is 0. The van der Waals surface area contributed by atoms with E-state index in [0.29, 0.717) is 0 Å². The molecule has 0 aliphatic rings. The molecule has 2 aromatic carbocycles. The van der Waals surface area contributed by atoms with E-state index < -0.39 is 0 Å². The molecular weight excluding hydrogens is 307 g/mol. The van der Waals surface area contributed by atoms with Gasteiger partial charge < -0.3 is 14.9 Å². The summed E-state index contributed by atoms with van der Waals surface area (Å²) in [6.45, 7) is 4.40. The van der Waals surface area contributed by atoms with Crippen molar-refractivity contribution < 1.29 is 26.2 Å². The van der Waals surface area contributed by atoms with Crippen LogP contribution in [0.5, 0.6) is 0 Å². The van der Waals surface area contributed by atoms with Crippen LogP contribution < -0.4 is 0 Å². The molecule has 19 heavy (non-hydrogen) atoms. The Hall–Kier alpha value is -0.417. The van der Waals surface area contributed by atoms with Crippen LogP contribution in [0.2, 0.25) is 0 Å². The van der Waals surface area contributed by atoms with Gasteiger partial charge in [-0.3, -0.25) is 0 Å². The van der Waals surface area contributed by atoms with Gasteiger partial charge >= 0.3 is 26.2 Å². The molecule has 0 bridgehead atoms. The van der Waals surface area contributed by atoms with Gasteiger partial charge in [-0.25, -0.2) is 24.3 Å². The normalized spacial score (nSPS) is 8.11. The van der Waals surface area contributed by atoms with Crippen molar-refractivity contribution in [1.82, 2.24) is 0 Å². The van der Waals surface area contributed by atoms with Crippen LogP contribution in [0.3, 0.4) is 0 Å². The van der Waals surface area contributed by atoms with E-state index >= 15 is 0 Å². The third-order valence-electron chi connectivity index (χ3n) is 2.54. The minimum atomic E-state index is 0. The second-order valence-corrected chi connectivity index (χ2v) is 4.09. The van der Waals surface area contributed by atoms with Gasteiger partial charge in [-0.15, -0.1) is 0 Å². The molecule has 0 aromatic heterocycles. The van der Waals surface area contributed by atoms with Gasteiger partial charge in [-0.2, -0.15) is 35.4 Å². The smallest absolute Gasteiger partial charge is 0.358 e. The van der Waals surface area contributed by atoms with Crippen molar-refractivity contribution in [2.45, 2.75) is 39.5 Å². The first-order chi connectivity index (χ1) is 7.86. The van der Waals surface area contributed by atoms with E-state index in [1.165, 1.54) is 36.8 Å². The molecular formula is C18H28Zr. The Morgan fingerprint density at radius 1 is 0.789 bits per heavy atom. The number of hydrogen-bond donors (Lipinski definition) is 0. The molecule has 1 heteroatoms. The van der Waals surface area contributed by atoms with Crippen LogP contribution in [0.4, 0.5) is 0 Å². The number of aryl methyl sites for hydroxylation is 2. The first-order valence-electron chi connectivity index (χ1n) is 6.28. The molecule has 0 aliphatic heterocycles. The van der Waals surface area contributed by atoms with E-state index in [-0.39, 0.29) is 41.1 Å². The molecule has 0 amide bonds. The SMILES string of the molecule is CCCc1ccc[cH-]1.CCCc1ccc[cH-]1.[CH3-].[CH3-].[Zr+4]. The molecule has 0 N–H and O–H groups in total. The largest absolute Gasteiger partial charge is 4.00 e. The van der Waals surface area contributed by atoms with Crippen molar-refractivity contribution in [1.29, 1.82) is 0 Å². The molecule has 0 fully saturated rings. The standard InChI is InChI=1S/2C8H11.2CH3.Zr/c2*1-2-5-8-6-3-4-7-8;;;/h2*3-4,6-7H,2,5H2,1H3;2*1H3;/q4*-1;+4. The Balaban J connectivity index is -0.000000233. The Kier molecular flexibility index (Phi) is 19.5. The zero-order valence-electron chi connectivity index (χ0n) is 12.9. The summed E-state index contributed by atoms with van der Waals surface area (Å²) in [5, 5.41) is 0. The quantitative estimate of drug-likeness (QED) is 0.637. The molecule has 0 spiro atoms. The zero-order valence-corrected chi connectivity index (χ0v) is 15.4. The summed E-state index contributed by atoms with van der Waals surface area (Å²) in [6.07, 6.45) is 4.97. The molecule has 0 unspecified atom stereocenters. The van der Waals surface area contributed by atoms with Crippen molar-refractivity contribution in [3.8, 4) is 0 Å². The van der Waals surface area contributed by atoms with Gasteiger partial charge in [0.05, 0.1) is 0 Å². The van der Waals surface area contributed by atoms with Crippen molar-refractivity contribution in [2.75, 3.05) is 0 Å². The summed E-state index contributed by atoms with van der Waals surface area (Å²) in [6, 6.07) is 17.0. The van der Waals surface area contributed by atoms with Gasteiger partial charge in [0.1, 0.15) is 0 Å². The van der Waals surface area contributed by atoms with E-state index in [1.54, 1.807) is 0 Å². The molecule has 0 atom stereocenters. The molecule has 2 aromatic rings. The summed E-state index contributed by atoms with van der Waals surface area (Å²) in [4.78, 5) is 0. The van der Waals surface area contributed by atoms with Gasteiger partial charge in [0.2, 0.25) is 0 Å². The van der Waals surface area contributed by atoms with Gasteiger partial charge in [-0.1, -0.05) is 39.5 Å².